The van der Waals surface area contributed by atoms with E-state index in [4.69, 9.17) is 5.73 Å². The Balaban J connectivity index is 1.63. The molecule has 1 heterocycles. The molecule has 0 saturated heterocycles. The molecule has 3 rings (SSSR count). The summed E-state index contributed by atoms with van der Waals surface area (Å²) < 4.78 is 0. The van der Waals surface area contributed by atoms with Crippen molar-refractivity contribution in [2.75, 3.05) is 25.5 Å². The van der Waals surface area contributed by atoms with E-state index in [1.54, 1.807) is 0 Å². The first kappa shape index (κ1) is 13.9. The van der Waals surface area contributed by atoms with E-state index in [-0.39, 0.29) is 0 Å². The lowest BCUT2D eigenvalue weighted by Crippen LogP contribution is -2.38. The normalized spacial score (nSPS) is 26.1. The van der Waals surface area contributed by atoms with Crippen LogP contribution in [-0.4, -0.2) is 37.6 Å². The molecule has 0 aromatic heterocycles. The molecule has 1 saturated carbocycles. The van der Waals surface area contributed by atoms with Gasteiger partial charge in [0.05, 0.1) is 0 Å². The Morgan fingerprint density at radius 2 is 2.00 bits per heavy atom. The first-order chi connectivity index (χ1) is 9.63. The van der Waals surface area contributed by atoms with E-state index in [0.29, 0.717) is 12.1 Å². The van der Waals surface area contributed by atoms with Gasteiger partial charge in [-0.1, -0.05) is 12.1 Å². The van der Waals surface area contributed by atoms with Crippen LogP contribution in [0.5, 0.6) is 0 Å². The summed E-state index contributed by atoms with van der Waals surface area (Å²) in [5.74, 6) is 0. The van der Waals surface area contributed by atoms with Crippen LogP contribution in [0.2, 0.25) is 0 Å². The smallest absolute Gasteiger partial charge is 0.0397 e. The van der Waals surface area contributed by atoms with Crippen molar-refractivity contribution in [2.45, 2.75) is 50.7 Å². The fourth-order valence-corrected chi connectivity index (χ4v) is 3.68. The van der Waals surface area contributed by atoms with Gasteiger partial charge in [-0.25, -0.2) is 0 Å². The molecule has 0 bridgehead atoms. The number of likely N-dealkylation sites (N-methyl/N-ethyl adjacent to an activating group) is 1. The van der Waals surface area contributed by atoms with Gasteiger partial charge in [0.25, 0.3) is 0 Å². The molecule has 1 fully saturated rings. The van der Waals surface area contributed by atoms with Crippen LogP contribution >= 0.6 is 0 Å². The summed E-state index contributed by atoms with van der Waals surface area (Å²) in [6.45, 7) is 2.23. The van der Waals surface area contributed by atoms with Gasteiger partial charge < -0.3 is 10.6 Å². The van der Waals surface area contributed by atoms with Gasteiger partial charge in [-0.3, -0.25) is 4.90 Å². The third kappa shape index (κ3) is 2.84. The highest BCUT2D eigenvalue weighted by atomic mass is 15.1. The van der Waals surface area contributed by atoms with E-state index >= 15 is 0 Å². The lowest BCUT2D eigenvalue weighted by molar-refractivity contribution is 0.176. The maximum atomic E-state index is 6.00. The average molecular weight is 273 g/mol. The third-order valence-electron chi connectivity index (χ3n) is 5.07. The number of hydrogen-bond donors (Lipinski definition) is 1. The molecule has 2 N–H and O–H groups in total. The molecule has 3 heteroatoms. The van der Waals surface area contributed by atoms with Crippen molar-refractivity contribution >= 4 is 5.69 Å². The molecule has 0 unspecified atom stereocenters. The van der Waals surface area contributed by atoms with Gasteiger partial charge >= 0.3 is 0 Å². The zero-order valence-corrected chi connectivity index (χ0v) is 12.8. The molecule has 0 radical (unpaired) electrons. The molecule has 3 nitrogen and oxygen atoms in total. The number of rotatable bonds is 3. The van der Waals surface area contributed by atoms with E-state index in [9.17, 15) is 0 Å². The Bertz CT molecular complexity index is 463. The fourth-order valence-electron chi connectivity index (χ4n) is 3.68. The van der Waals surface area contributed by atoms with Gasteiger partial charge in [0.15, 0.2) is 0 Å². The van der Waals surface area contributed by atoms with Gasteiger partial charge in [0, 0.05) is 37.9 Å². The van der Waals surface area contributed by atoms with Crippen LogP contribution < -0.4 is 10.6 Å². The van der Waals surface area contributed by atoms with Crippen LogP contribution in [0.1, 0.15) is 36.8 Å². The maximum Gasteiger partial charge on any atom is 0.0397 e. The van der Waals surface area contributed by atoms with Crippen molar-refractivity contribution < 1.29 is 0 Å². The summed E-state index contributed by atoms with van der Waals surface area (Å²) in [6.07, 6.45) is 6.08. The highest BCUT2D eigenvalue weighted by Crippen LogP contribution is 2.28. The second-order valence-electron chi connectivity index (χ2n) is 6.62. The summed E-state index contributed by atoms with van der Waals surface area (Å²) in [4.78, 5) is 4.87. The quantitative estimate of drug-likeness (QED) is 0.918. The molecule has 0 atom stereocenters. The maximum absolute atomic E-state index is 6.00. The SMILES string of the molecule is CN1CCc2cc(CN(C)C3CCC(N)CC3)ccc21. The summed E-state index contributed by atoms with van der Waals surface area (Å²) in [7, 11) is 4.45. The predicted molar refractivity (Wildman–Crippen MR) is 85.1 cm³/mol. The fraction of sp³-hybridized carbons (Fsp3) is 0.647. The number of fused-ring (bicyclic) bond motifs is 1. The minimum absolute atomic E-state index is 0.440. The monoisotopic (exact) mass is 273 g/mol. The van der Waals surface area contributed by atoms with Gasteiger partial charge in [0.1, 0.15) is 0 Å². The Labute approximate surface area is 122 Å². The predicted octanol–water partition coefficient (Wildman–Crippen LogP) is 2.38. The molecule has 0 spiro atoms. The van der Waals surface area contributed by atoms with Crippen molar-refractivity contribution in [3.63, 3.8) is 0 Å². The molecule has 20 heavy (non-hydrogen) atoms. The molecule has 1 aromatic rings. The summed E-state index contributed by atoms with van der Waals surface area (Å²) in [6, 6.07) is 8.15. The van der Waals surface area contributed by atoms with Crippen LogP contribution in [-0.2, 0) is 13.0 Å². The molecular formula is C17H27N3. The van der Waals surface area contributed by atoms with E-state index in [1.807, 2.05) is 0 Å². The Hall–Kier alpha value is -1.06. The molecule has 110 valence electrons. The minimum Gasteiger partial charge on any atom is -0.374 e. The molecule has 1 aromatic carbocycles. The van der Waals surface area contributed by atoms with Crippen LogP contribution in [0.3, 0.4) is 0 Å². The molecule has 1 aliphatic carbocycles. The topological polar surface area (TPSA) is 32.5 Å². The second-order valence-corrected chi connectivity index (χ2v) is 6.62. The van der Waals surface area contributed by atoms with Crippen LogP contribution in [0.15, 0.2) is 18.2 Å². The third-order valence-corrected chi connectivity index (χ3v) is 5.07. The van der Waals surface area contributed by atoms with Gasteiger partial charge in [-0.05, 0) is 56.3 Å². The summed E-state index contributed by atoms with van der Waals surface area (Å²) >= 11 is 0. The summed E-state index contributed by atoms with van der Waals surface area (Å²) in [5, 5.41) is 0. The number of hydrogen-bond acceptors (Lipinski definition) is 3. The standard InChI is InChI=1S/C17H27N3/c1-19-10-9-14-11-13(3-8-17(14)19)12-20(2)16-6-4-15(18)5-7-16/h3,8,11,15-16H,4-7,9-10,12,18H2,1-2H3. The van der Waals surface area contributed by atoms with E-state index in [0.717, 1.165) is 13.1 Å². The number of benzene rings is 1. The lowest BCUT2D eigenvalue weighted by atomic mass is 9.91. The molecule has 0 amide bonds. The van der Waals surface area contributed by atoms with Gasteiger partial charge in [-0.2, -0.15) is 0 Å². The van der Waals surface area contributed by atoms with Crippen LogP contribution in [0.25, 0.3) is 0 Å². The Kier molecular flexibility index (Phi) is 3.99. The van der Waals surface area contributed by atoms with E-state index in [1.165, 1.54) is 48.9 Å². The number of anilines is 1. The lowest BCUT2D eigenvalue weighted by Gasteiger charge is -2.33. The number of nitrogens with zero attached hydrogens (tertiary/aromatic N) is 2. The van der Waals surface area contributed by atoms with Gasteiger partial charge in [0.2, 0.25) is 0 Å². The van der Waals surface area contributed by atoms with Crippen molar-refractivity contribution in [2.24, 2.45) is 5.73 Å². The highest BCUT2D eigenvalue weighted by Gasteiger charge is 2.22. The van der Waals surface area contributed by atoms with Crippen molar-refractivity contribution in [1.82, 2.24) is 4.90 Å². The second kappa shape index (κ2) is 5.74. The first-order valence-corrected chi connectivity index (χ1v) is 7.92. The summed E-state index contributed by atoms with van der Waals surface area (Å²) in [5.41, 5.74) is 10.4. The molecular weight excluding hydrogens is 246 g/mol. The van der Waals surface area contributed by atoms with Crippen LogP contribution in [0, 0.1) is 0 Å². The first-order valence-electron chi connectivity index (χ1n) is 7.92. The number of nitrogens with two attached hydrogens (primary N) is 1. The van der Waals surface area contributed by atoms with E-state index in [2.05, 4.69) is 42.1 Å². The highest BCUT2D eigenvalue weighted by molar-refractivity contribution is 5.58. The van der Waals surface area contributed by atoms with Gasteiger partial charge in [-0.15, -0.1) is 0 Å². The minimum atomic E-state index is 0.440. The van der Waals surface area contributed by atoms with Crippen molar-refractivity contribution in [1.29, 1.82) is 0 Å². The Morgan fingerprint density at radius 3 is 2.75 bits per heavy atom. The zero-order valence-electron chi connectivity index (χ0n) is 12.8. The molecule has 1 aliphatic heterocycles. The zero-order chi connectivity index (χ0) is 14.1. The van der Waals surface area contributed by atoms with E-state index < -0.39 is 0 Å². The van der Waals surface area contributed by atoms with Crippen molar-refractivity contribution in [3.05, 3.63) is 29.3 Å². The van der Waals surface area contributed by atoms with Crippen LogP contribution in [0.4, 0.5) is 5.69 Å². The largest absolute Gasteiger partial charge is 0.374 e. The average Bonchev–Trinajstić information content (AvgIpc) is 2.81. The van der Waals surface area contributed by atoms with Crippen molar-refractivity contribution in [3.8, 4) is 0 Å². The Morgan fingerprint density at radius 1 is 1.25 bits per heavy atom. The molecule has 2 aliphatic rings.